The van der Waals surface area contributed by atoms with E-state index in [1.807, 2.05) is 0 Å². The third-order valence-corrected chi connectivity index (χ3v) is 3.37. The van der Waals surface area contributed by atoms with E-state index in [0.29, 0.717) is 22.6 Å². The van der Waals surface area contributed by atoms with Crippen molar-refractivity contribution in [1.82, 2.24) is 5.32 Å². The number of alkyl carbamates (subject to hydrolysis) is 1. The first kappa shape index (κ1) is 20.8. The number of nitrogens with two attached hydrogens (primary N) is 1. The fourth-order valence-electron chi connectivity index (χ4n) is 2.18. The summed E-state index contributed by atoms with van der Waals surface area (Å²) >= 11 is 0. The van der Waals surface area contributed by atoms with Crippen molar-refractivity contribution in [2.75, 3.05) is 22.9 Å². The molecule has 0 aliphatic heterocycles. The average Bonchev–Trinajstić information content (AvgIpc) is 2.59. The molecule has 28 heavy (non-hydrogen) atoms. The number of rotatable bonds is 5. The van der Waals surface area contributed by atoms with Gasteiger partial charge in [-0.05, 0) is 63.2 Å². The molecule has 0 heterocycles. The number of hydrogen-bond acceptors (Lipinski definition) is 5. The Hall–Kier alpha value is -3.55. The Labute approximate surface area is 163 Å². The van der Waals surface area contributed by atoms with E-state index >= 15 is 0 Å². The summed E-state index contributed by atoms with van der Waals surface area (Å²) in [4.78, 5) is 35.8. The van der Waals surface area contributed by atoms with Crippen LogP contribution in [0.1, 0.15) is 31.1 Å². The summed E-state index contributed by atoms with van der Waals surface area (Å²) in [5, 5.41) is 7.77. The van der Waals surface area contributed by atoms with Crippen LogP contribution in [-0.2, 0) is 9.53 Å². The van der Waals surface area contributed by atoms with Crippen LogP contribution in [0, 0.1) is 0 Å². The summed E-state index contributed by atoms with van der Waals surface area (Å²) in [6, 6.07) is 13.2. The summed E-state index contributed by atoms with van der Waals surface area (Å²) in [5.74, 6) is -0.720. The van der Waals surface area contributed by atoms with Crippen molar-refractivity contribution in [2.24, 2.45) is 0 Å². The molecule has 0 saturated carbocycles. The molecule has 0 aromatic heterocycles. The highest BCUT2D eigenvalue weighted by Crippen LogP contribution is 2.16. The molecule has 8 nitrogen and oxygen atoms in total. The summed E-state index contributed by atoms with van der Waals surface area (Å²) in [5.41, 5.74) is 7.00. The molecule has 0 fully saturated rings. The van der Waals surface area contributed by atoms with Crippen LogP contribution in [0.25, 0.3) is 0 Å². The van der Waals surface area contributed by atoms with Crippen LogP contribution in [0.15, 0.2) is 48.5 Å². The molecule has 5 N–H and O–H groups in total. The van der Waals surface area contributed by atoms with Crippen LogP contribution >= 0.6 is 0 Å². The standard InChI is InChI=1S/C20H24N4O4/c1-20(2,3)28-19(27)22-12-17(25)23-15-5-4-6-16(11-15)24-18(26)13-7-9-14(21)10-8-13/h4-11H,12,21H2,1-3H3,(H,22,27)(H,23,25)(H,24,26). The third kappa shape index (κ3) is 6.99. The Morgan fingerprint density at radius 3 is 2.18 bits per heavy atom. The van der Waals surface area contributed by atoms with E-state index in [-0.39, 0.29) is 12.5 Å². The van der Waals surface area contributed by atoms with Gasteiger partial charge in [0.15, 0.2) is 0 Å². The van der Waals surface area contributed by atoms with Crippen LogP contribution in [0.4, 0.5) is 21.9 Å². The number of hydrogen-bond donors (Lipinski definition) is 4. The Kier molecular flexibility index (Phi) is 6.59. The molecule has 0 aliphatic carbocycles. The maximum atomic E-state index is 12.2. The molecule has 0 aliphatic rings. The molecule has 148 valence electrons. The average molecular weight is 384 g/mol. The highest BCUT2D eigenvalue weighted by atomic mass is 16.6. The normalized spacial score (nSPS) is 10.7. The van der Waals surface area contributed by atoms with Crippen LogP contribution in [-0.4, -0.2) is 30.1 Å². The van der Waals surface area contributed by atoms with Crippen molar-refractivity contribution in [3.8, 4) is 0 Å². The van der Waals surface area contributed by atoms with E-state index in [9.17, 15) is 14.4 Å². The lowest BCUT2D eigenvalue weighted by Gasteiger charge is -2.19. The molecule has 3 amide bonds. The Balaban J connectivity index is 1.90. The number of anilines is 3. The lowest BCUT2D eigenvalue weighted by atomic mass is 10.2. The van der Waals surface area contributed by atoms with Gasteiger partial charge in [0.2, 0.25) is 5.91 Å². The largest absolute Gasteiger partial charge is 0.444 e. The van der Waals surface area contributed by atoms with Crippen LogP contribution in [0.2, 0.25) is 0 Å². The molecule has 8 heteroatoms. The smallest absolute Gasteiger partial charge is 0.408 e. The first-order valence-electron chi connectivity index (χ1n) is 8.66. The van der Waals surface area contributed by atoms with E-state index in [2.05, 4.69) is 16.0 Å². The molecular formula is C20H24N4O4. The topological polar surface area (TPSA) is 123 Å². The summed E-state index contributed by atoms with van der Waals surface area (Å²) in [6.45, 7) is 4.96. The van der Waals surface area contributed by atoms with E-state index < -0.39 is 17.6 Å². The van der Waals surface area contributed by atoms with E-state index in [1.54, 1.807) is 69.3 Å². The third-order valence-electron chi connectivity index (χ3n) is 3.37. The fraction of sp³-hybridized carbons (Fsp3) is 0.250. The van der Waals surface area contributed by atoms with Gasteiger partial charge >= 0.3 is 6.09 Å². The van der Waals surface area contributed by atoms with Crippen molar-refractivity contribution < 1.29 is 19.1 Å². The van der Waals surface area contributed by atoms with Gasteiger partial charge in [-0.15, -0.1) is 0 Å². The van der Waals surface area contributed by atoms with Gasteiger partial charge < -0.3 is 26.4 Å². The minimum absolute atomic E-state index is 0.239. The number of carbonyl (C=O) groups excluding carboxylic acids is 3. The van der Waals surface area contributed by atoms with E-state index in [0.717, 1.165) is 0 Å². The van der Waals surface area contributed by atoms with Crippen LogP contribution < -0.4 is 21.7 Å². The predicted octanol–water partition coefficient (Wildman–Crippen LogP) is 2.98. The molecule has 0 unspecified atom stereocenters. The zero-order chi connectivity index (χ0) is 20.7. The first-order chi connectivity index (χ1) is 13.1. The maximum Gasteiger partial charge on any atom is 0.408 e. The van der Waals surface area contributed by atoms with Gasteiger partial charge in [0, 0.05) is 22.6 Å². The Bertz CT molecular complexity index is 857. The number of ether oxygens (including phenoxy) is 1. The zero-order valence-corrected chi connectivity index (χ0v) is 16.0. The second-order valence-corrected chi connectivity index (χ2v) is 7.06. The highest BCUT2D eigenvalue weighted by Gasteiger charge is 2.16. The second-order valence-electron chi connectivity index (χ2n) is 7.06. The minimum atomic E-state index is -0.674. The molecule has 2 aromatic rings. The Morgan fingerprint density at radius 1 is 0.964 bits per heavy atom. The number of nitrogen functional groups attached to an aromatic ring is 1. The molecule has 2 aromatic carbocycles. The molecule has 0 radical (unpaired) electrons. The van der Waals surface area contributed by atoms with Gasteiger partial charge in [-0.2, -0.15) is 0 Å². The van der Waals surface area contributed by atoms with Crippen molar-refractivity contribution in [2.45, 2.75) is 26.4 Å². The van der Waals surface area contributed by atoms with Gasteiger partial charge in [0.1, 0.15) is 12.1 Å². The Morgan fingerprint density at radius 2 is 1.57 bits per heavy atom. The predicted molar refractivity (Wildman–Crippen MR) is 108 cm³/mol. The molecule has 2 rings (SSSR count). The van der Waals surface area contributed by atoms with Crippen molar-refractivity contribution >= 4 is 35.0 Å². The van der Waals surface area contributed by atoms with Gasteiger partial charge in [0.05, 0.1) is 0 Å². The summed E-state index contributed by atoms with van der Waals surface area (Å²) in [6.07, 6.45) is -0.674. The van der Waals surface area contributed by atoms with Crippen molar-refractivity contribution in [1.29, 1.82) is 0 Å². The van der Waals surface area contributed by atoms with Gasteiger partial charge in [-0.25, -0.2) is 4.79 Å². The number of nitrogens with one attached hydrogen (secondary N) is 3. The van der Waals surface area contributed by atoms with Crippen molar-refractivity contribution in [3.63, 3.8) is 0 Å². The maximum absolute atomic E-state index is 12.2. The lowest BCUT2D eigenvalue weighted by Crippen LogP contribution is -2.37. The number of carbonyl (C=O) groups is 3. The van der Waals surface area contributed by atoms with E-state index in [4.69, 9.17) is 10.5 Å². The second kappa shape index (κ2) is 8.90. The lowest BCUT2D eigenvalue weighted by molar-refractivity contribution is -0.115. The first-order valence-corrected chi connectivity index (χ1v) is 8.66. The number of benzene rings is 2. The van der Waals surface area contributed by atoms with E-state index in [1.165, 1.54) is 0 Å². The van der Waals surface area contributed by atoms with Crippen LogP contribution in [0.3, 0.4) is 0 Å². The molecular weight excluding hydrogens is 360 g/mol. The monoisotopic (exact) mass is 384 g/mol. The SMILES string of the molecule is CC(C)(C)OC(=O)NCC(=O)Nc1cccc(NC(=O)c2ccc(N)cc2)c1. The van der Waals surface area contributed by atoms with Gasteiger partial charge in [0.25, 0.3) is 5.91 Å². The number of amides is 3. The molecule has 0 bridgehead atoms. The summed E-state index contributed by atoms with van der Waals surface area (Å²) < 4.78 is 5.07. The quantitative estimate of drug-likeness (QED) is 0.590. The molecule has 0 saturated heterocycles. The van der Waals surface area contributed by atoms with Crippen molar-refractivity contribution in [3.05, 3.63) is 54.1 Å². The molecule has 0 atom stereocenters. The van der Waals surface area contributed by atoms with Gasteiger partial charge in [-0.1, -0.05) is 6.07 Å². The molecule has 0 spiro atoms. The highest BCUT2D eigenvalue weighted by molar-refractivity contribution is 6.05. The zero-order valence-electron chi connectivity index (χ0n) is 16.0. The van der Waals surface area contributed by atoms with Gasteiger partial charge in [-0.3, -0.25) is 9.59 Å². The minimum Gasteiger partial charge on any atom is -0.444 e. The van der Waals surface area contributed by atoms with Crippen LogP contribution in [0.5, 0.6) is 0 Å². The fourth-order valence-corrected chi connectivity index (χ4v) is 2.18. The summed E-state index contributed by atoms with van der Waals surface area (Å²) in [7, 11) is 0.